The lowest BCUT2D eigenvalue weighted by Gasteiger charge is -2.13. The van der Waals surface area contributed by atoms with Gasteiger partial charge in [-0.1, -0.05) is 19.8 Å². The number of hydrogen-bond donors (Lipinski definition) is 1. The van der Waals surface area contributed by atoms with Gasteiger partial charge in [0.2, 0.25) is 0 Å². The van der Waals surface area contributed by atoms with Gasteiger partial charge in [-0.05, 0) is 19.8 Å². The number of hydrogen-bond acceptors (Lipinski definition) is 4. The van der Waals surface area contributed by atoms with Gasteiger partial charge in [0.25, 0.3) is 0 Å². The molecule has 1 rings (SSSR count). The number of aryl methyl sites for hydroxylation is 1. The average Bonchev–Trinajstić information content (AvgIpc) is 2.82. The van der Waals surface area contributed by atoms with Crippen molar-refractivity contribution in [1.29, 1.82) is 0 Å². The van der Waals surface area contributed by atoms with E-state index >= 15 is 0 Å². The van der Waals surface area contributed by atoms with Crippen LogP contribution in [0.1, 0.15) is 38.8 Å². The number of rotatable bonds is 9. The van der Waals surface area contributed by atoms with Gasteiger partial charge in [-0.25, -0.2) is 0 Å². The summed E-state index contributed by atoms with van der Waals surface area (Å²) >= 11 is 0. The Kier molecular flexibility index (Phi) is 6.63. The Labute approximate surface area is 115 Å². The summed E-state index contributed by atoms with van der Waals surface area (Å²) in [6.45, 7) is 4.61. The molecule has 0 fully saturated rings. The molecule has 0 radical (unpaired) electrons. The number of nitrogens with one attached hydrogen (secondary N) is 1. The molecule has 0 aliphatic heterocycles. The third-order valence-corrected chi connectivity index (χ3v) is 4.91. The summed E-state index contributed by atoms with van der Waals surface area (Å²) in [5, 5.41) is 0.581. The summed E-state index contributed by atoms with van der Waals surface area (Å²) in [4.78, 5) is 3.16. The second-order valence-corrected chi connectivity index (χ2v) is 6.46. The Bertz CT molecular complexity index is 422. The molecule has 6 heteroatoms. The van der Waals surface area contributed by atoms with E-state index in [4.69, 9.17) is 13.8 Å². The molecule has 110 valence electrons. The average molecular weight is 289 g/mol. The number of aromatic nitrogens is 1. The second kappa shape index (κ2) is 7.73. The van der Waals surface area contributed by atoms with Crippen LogP contribution in [0, 0.1) is 0 Å². The topological polar surface area (TPSA) is 60.6 Å². The maximum atomic E-state index is 12.5. The van der Waals surface area contributed by atoms with Crippen LogP contribution in [0.4, 0.5) is 0 Å². The van der Waals surface area contributed by atoms with Gasteiger partial charge in [0, 0.05) is 26.0 Å². The summed E-state index contributed by atoms with van der Waals surface area (Å²) in [6.07, 6.45) is 4.11. The lowest BCUT2D eigenvalue weighted by atomic mass is 10.2. The standard InChI is InChI=1S/C13H24NO4P/c1-5-7-8-9-11-12(19(15,16-3)17-4)10-13(14-11)18-6-2/h10,14H,5-9H2,1-4H3. The zero-order chi connectivity index (χ0) is 14.3. The molecule has 1 N–H and O–H groups in total. The molecule has 1 aromatic heterocycles. The van der Waals surface area contributed by atoms with Crippen LogP contribution < -0.4 is 10.0 Å². The van der Waals surface area contributed by atoms with E-state index in [0.29, 0.717) is 17.8 Å². The highest BCUT2D eigenvalue weighted by Gasteiger charge is 2.30. The number of aromatic amines is 1. The van der Waals surface area contributed by atoms with Gasteiger partial charge in [0.1, 0.15) is 0 Å². The van der Waals surface area contributed by atoms with Crippen LogP contribution in [0.3, 0.4) is 0 Å². The van der Waals surface area contributed by atoms with E-state index in [-0.39, 0.29) is 0 Å². The van der Waals surface area contributed by atoms with Gasteiger partial charge in [-0.3, -0.25) is 4.57 Å². The van der Waals surface area contributed by atoms with Crippen LogP contribution in [0.15, 0.2) is 6.07 Å². The van der Waals surface area contributed by atoms with E-state index in [1.807, 2.05) is 6.92 Å². The zero-order valence-corrected chi connectivity index (χ0v) is 13.1. The minimum absolute atomic E-state index is 0.554. The highest BCUT2D eigenvalue weighted by atomic mass is 31.2. The molecule has 0 saturated heterocycles. The lowest BCUT2D eigenvalue weighted by Crippen LogP contribution is -2.11. The maximum absolute atomic E-state index is 12.5. The van der Waals surface area contributed by atoms with Crippen LogP contribution >= 0.6 is 7.60 Å². The van der Waals surface area contributed by atoms with Crippen LogP contribution in [0.2, 0.25) is 0 Å². The van der Waals surface area contributed by atoms with Crippen molar-refractivity contribution >= 4 is 12.9 Å². The van der Waals surface area contributed by atoms with Crippen molar-refractivity contribution < 1.29 is 18.3 Å². The quantitative estimate of drug-likeness (QED) is 0.560. The minimum atomic E-state index is -3.23. The fourth-order valence-corrected chi connectivity index (χ4v) is 3.27. The lowest BCUT2D eigenvalue weighted by molar-refractivity contribution is 0.287. The summed E-state index contributed by atoms with van der Waals surface area (Å²) in [7, 11) is -0.441. The third-order valence-electron chi connectivity index (χ3n) is 2.96. The monoisotopic (exact) mass is 289 g/mol. The second-order valence-electron chi connectivity index (χ2n) is 4.25. The highest BCUT2D eigenvalue weighted by Crippen LogP contribution is 2.47. The SMILES string of the molecule is CCCCCc1[nH]c(OCC)cc1P(=O)(OC)OC. The van der Waals surface area contributed by atoms with Gasteiger partial charge in [0.15, 0.2) is 5.88 Å². The molecule has 1 heterocycles. The highest BCUT2D eigenvalue weighted by molar-refractivity contribution is 7.62. The predicted octanol–water partition coefficient (Wildman–Crippen LogP) is 3.26. The maximum Gasteiger partial charge on any atom is 0.362 e. The van der Waals surface area contributed by atoms with Crippen molar-refractivity contribution in [2.75, 3.05) is 20.8 Å². The van der Waals surface area contributed by atoms with E-state index < -0.39 is 7.60 Å². The molecule has 0 spiro atoms. The van der Waals surface area contributed by atoms with E-state index in [2.05, 4.69) is 11.9 Å². The summed E-state index contributed by atoms with van der Waals surface area (Å²) < 4.78 is 28.1. The van der Waals surface area contributed by atoms with Gasteiger partial charge >= 0.3 is 7.60 Å². The van der Waals surface area contributed by atoms with Gasteiger partial charge in [-0.2, -0.15) is 0 Å². The van der Waals surface area contributed by atoms with Crippen molar-refractivity contribution in [3.8, 4) is 5.88 Å². The third kappa shape index (κ3) is 4.10. The van der Waals surface area contributed by atoms with Crippen LogP contribution in [0.25, 0.3) is 0 Å². The number of unbranched alkanes of at least 4 members (excludes halogenated alkanes) is 2. The van der Waals surface area contributed by atoms with Gasteiger partial charge in [0.05, 0.1) is 11.9 Å². The van der Waals surface area contributed by atoms with E-state index in [1.54, 1.807) is 6.07 Å². The largest absolute Gasteiger partial charge is 0.479 e. The number of ether oxygens (including phenoxy) is 1. The molecule has 0 saturated carbocycles. The summed E-state index contributed by atoms with van der Waals surface area (Å²) in [5.41, 5.74) is 0.879. The summed E-state index contributed by atoms with van der Waals surface area (Å²) in [5.74, 6) is 0.610. The van der Waals surface area contributed by atoms with Crippen molar-refractivity contribution in [1.82, 2.24) is 4.98 Å². The molecule has 0 aromatic carbocycles. The molecule has 0 aliphatic rings. The van der Waals surface area contributed by atoms with Gasteiger partial charge in [-0.15, -0.1) is 0 Å². The molecule has 1 aromatic rings. The number of H-pyrrole nitrogens is 1. The fourth-order valence-electron chi connectivity index (χ4n) is 1.95. The van der Waals surface area contributed by atoms with Crippen LogP contribution in [0.5, 0.6) is 5.88 Å². The van der Waals surface area contributed by atoms with Crippen LogP contribution in [-0.2, 0) is 20.0 Å². The molecule has 19 heavy (non-hydrogen) atoms. The molecular weight excluding hydrogens is 265 g/mol. The van der Waals surface area contributed by atoms with E-state index in [1.165, 1.54) is 14.2 Å². The first-order valence-corrected chi connectivity index (χ1v) is 8.22. The first-order chi connectivity index (χ1) is 9.11. The normalized spacial score (nSPS) is 11.8. The Balaban J connectivity index is 3.01. The van der Waals surface area contributed by atoms with Crippen molar-refractivity contribution in [3.05, 3.63) is 11.8 Å². The fraction of sp³-hybridized carbons (Fsp3) is 0.692. The Morgan fingerprint density at radius 3 is 2.42 bits per heavy atom. The Hall–Kier alpha value is -0.770. The summed E-state index contributed by atoms with van der Waals surface area (Å²) in [6, 6.07) is 1.72. The molecule has 0 atom stereocenters. The smallest absolute Gasteiger partial charge is 0.362 e. The van der Waals surface area contributed by atoms with Gasteiger partial charge < -0.3 is 18.8 Å². The Morgan fingerprint density at radius 1 is 1.21 bits per heavy atom. The molecule has 5 nitrogen and oxygen atoms in total. The first kappa shape index (κ1) is 16.3. The van der Waals surface area contributed by atoms with Crippen molar-refractivity contribution in [2.45, 2.75) is 39.5 Å². The van der Waals surface area contributed by atoms with Crippen molar-refractivity contribution in [3.63, 3.8) is 0 Å². The van der Waals surface area contributed by atoms with E-state index in [0.717, 1.165) is 31.4 Å². The molecule has 0 amide bonds. The molecule has 0 aliphatic carbocycles. The molecule has 0 unspecified atom stereocenters. The Morgan fingerprint density at radius 2 is 1.89 bits per heavy atom. The van der Waals surface area contributed by atoms with E-state index in [9.17, 15) is 4.57 Å². The first-order valence-electron chi connectivity index (χ1n) is 6.68. The predicted molar refractivity (Wildman–Crippen MR) is 76.4 cm³/mol. The molecule has 0 bridgehead atoms. The zero-order valence-electron chi connectivity index (χ0n) is 12.2. The van der Waals surface area contributed by atoms with Crippen molar-refractivity contribution in [2.24, 2.45) is 0 Å². The van der Waals surface area contributed by atoms with Crippen LogP contribution in [-0.4, -0.2) is 25.8 Å². The molecular formula is C13H24NO4P. The minimum Gasteiger partial charge on any atom is -0.479 e.